The third-order valence-corrected chi connectivity index (χ3v) is 5.84. The lowest BCUT2D eigenvalue weighted by Crippen LogP contribution is -2.49. The van der Waals surface area contributed by atoms with Crippen LogP contribution in [0.15, 0.2) is 18.2 Å². The number of likely N-dealkylation sites (tertiary alicyclic amines) is 1. The van der Waals surface area contributed by atoms with E-state index in [0.717, 1.165) is 55.8 Å². The summed E-state index contributed by atoms with van der Waals surface area (Å²) in [5.74, 6) is 0.261. The molecule has 0 unspecified atom stereocenters. The van der Waals surface area contributed by atoms with E-state index in [2.05, 4.69) is 72.9 Å². The SMILES string of the molecule is Cc1ccc2[nH]c(C)c(CC(=O)N(CCN(C)C)C3CCN(C)CC3)c2c1. The Balaban J connectivity index is 1.81. The summed E-state index contributed by atoms with van der Waals surface area (Å²) in [5, 5.41) is 1.19. The molecule has 1 N–H and O–H groups in total. The number of carbonyl (C=O) groups excluding carboxylic acids is 1. The van der Waals surface area contributed by atoms with Crippen LogP contribution in [0.1, 0.15) is 29.7 Å². The quantitative estimate of drug-likeness (QED) is 0.850. The molecule has 0 radical (unpaired) electrons. The van der Waals surface area contributed by atoms with Gasteiger partial charge in [0.1, 0.15) is 0 Å². The van der Waals surface area contributed by atoms with Crippen molar-refractivity contribution >= 4 is 16.8 Å². The van der Waals surface area contributed by atoms with Crippen LogP contribution in [0, 0.1) is 13.8 Å². The summed E-state index contributed by atoms with van der Waals surface area (Å²) < 4.78 is 0. The molecular formula is C22H34N4O. The highest BCUT2D eigenvalue weighted by Gasteiger charge is 2.27. The topological polar surface area (TPSA) is 42.6 Å². The van der Waals surface area contributed by atoms with Crippen LogP contribution in [0.4, 0.5) is 0 Å². The van der Waals surface area contributed by atoms with Crippen LogP contribution < -0.4 is 0 Å². The van der Waals surface area contributed by atoms with Crippen LogP contribution in [0.25, 0.3) is 10.9 Å². The zero-order valence-corrected chi connectivity index (χ0v) is 17.5. The molecule has 1 aromatic carbocycles. The predicted molar refractivity (Wildman–Crippen MR) is 112 cm³/mol. The molecule has 3 rings (SSSR count). The van der Waals surface area contributed by atoms with Gasteiger partial charge in [-0.2, -0.15) is 0 Å². The van der Waals surface area contributed by atoms with Gasteiger partial charge >= 0.3 is 0 Å². The summed E-state index contributed by atoms with van der Waals surface area (Å²) in [7, 11) is 6.31. The van der Waals surface area contributed by atoms with Gasteiger partial charge in [-0.3, -0.25) is 4.79 Å². The van der Waals surface area contributed by atoms with Crippen LogP contribution in [0.5, 0.6) is 0 Å². The van der Waals surface area contributed by atoms with Crippen LogP contribution in [0.2, 0.25) is 0 Å². The first-order chi connectivity index (χ1) is 12.8. The minimum absolute atomic E-state index is 0.261. The molecule has 1 aliphatic heterocycles. The first-order valence-electron chi connectivity index (χ1n) is 10.1. The second kappa shape index (κ2) is 8.44. The smallest absolute Gasteiger partial charge is 0.227 e. The molecule has 1 aromatic heterocycles. The fourth-order valence-corrected chi connectivity index (χ4v) is 4.10. The molecule has 0 atom stereocenters. The van der Waals surface area contributed by atoms with Crippen LogP contribution in [0.3, 0.4) is 0 Å². The zero-order valence-electron chi connectivity index (χ0n) is 17.5. The summed E-state index contributed by atoms with van der Waals surface area (Å²) in [6.07, 6.45) is 2.62. The van der Waals surface area contributed by atoms with Gasteiger partial charge in [-0.25, -0.2) is 0 Å². The van der Waals surface area contributed by atoms with Gasteiger partial charge in [0.05, 0.1) is 6.42 Å². The minimum atomic E-state index is 0.261. The number of benzene rings is 1. The van der Waals surface area contributed by atoms with Crippen molar-refractivity contribution in [3.8, 4) is 0 Å². The number of likely N-dealkylation sites (N-methyl/N-ethyl adjacent to an activating group) is 1. The largest absolute Gasteiger partial charge is 0.358 e. The van der Waals surface area contributed by atoms with Crippen molar-refractivity contribution in [2.24, 2.45) is 0 Å². The number of hydrogen-bond donors (Lipinski definition) is 1. The number of nitrogens with zero attached hydrogens (tertiary/aromatic N) is 3. The third kappa shape index (κ3) is 4.71. The average molecular weight is 371 g/mol. The van der Waals surface area contributed by atoms with E-state index in [-0.39, 0.29) is 5.91 Å². The summed E-state index contributed by atoms with van der Waals surface area (Å²) in [4.78, 5) is 23.5. The first-order valence-corrected chi connectivity index (χ1v) is 10.1. The Kier molecular flexibility index (Phi) is 6.22. The lowest BCUT2D eigenvalue weighted by atomic mass is 10.0. The number of H-pyrrole nitrogens is 1. The predicted octanol–water partition coefficient (Wildman–Crippen LogP) is 2.81. The Labute approximate surface area is 163 Å². The van der Waals surface area contributed by atoms with E-state index in [0.29, 0.717) is 12.5 Å². The second-order valence-electron chi connectivity index (χ2n) is 8.38. The lowest BCUT2D eigenvalue weighted by molar-refractivity contribution is -0.133. The first kappa shape index (κ1) is 19.9. The van der Waals surface area contributed by atoms with E-state index in [1.807, 2.05) is 0 Å². The lowest BCUT2D eigenvalue weighted by Gasteiger charge is -2.38. The number of carbonyl (C=O) groups is 1. The maximum Gasteiger partial charge on any atom is 0.227 e. The molecule has 148 valence electrons. The highest BCUT2D eigenvalue weighted by Crippen LogP contribution is 2.25. The molecule has 2 aromatic rings. The van der Waals surface area contributed by atoms with E-state index in [9.17, 15) is 4.79 Å². The van der Waals surface area contributed by atoms with E-state index in [1.165, 1.54) is 10.9 Å². The summed E-state index contributed by atoms with van der Waals surface area (Å²) in [5.41, 5.74) is 4.62. The van der Waals surface area contributed by atoms with Crippen LogP contribution in [-0.4, -0.2) is 79.0 Å². The van der Waals surface area contributed by atoms with Crippen molar-refractivity contribution in [2.75, 3.05) is 47.3 Å². The number of rotatable bonds is 6. The normalized spacial score (nSPS) is 16.4. The molecule has 5 heteroatoms. The fourth-order valence-electron chi connectivity index (χ4n) is 4.10. The number of nitrogens with one attached hydrogen (secondary N) is 1. The Hall–Kier alpha value is -1.85. The van der Waals surface area contributed by atoms with Crippen molar-refractivity contribution < 1.29 is 4.79 Å². The molecule has 0 bridgehead atoms. The van der Waals surface area contributed by atoms with E-state index in [4.69, 9.17) is 0 Å². The molecule has 27 heavy (non-hydrogen) atoms. The number of aryl methyl sites for hydroxylation is 2. The van der Waals surface area contributed by atoms with E-state index in [1.54, 1.807) is 0 Å². The van der Waals surface area contributed by atoms with Gasteiger partial charge in [-0.15, -0.1) is 0 Å². The van der Waals surface area contributed by atoms with Gasteiger partial charge < -0.3 is 19.7 Å². The molecule has 2 heterocycles. The highest BCUT2D eigenvalue weighted by molar-refractivity contribution is 5.90. The molecule has 0 saturated carbocycles. The van der Waals surface area contributed by atoms with Crippen LogP contribution >= 0.6 is 0 Å². The van der Waals surface area contributed by atoms with E-state index >= 15 is 0 Å². The van der Waals surface area contributed by atoms with Gasteiger partial charge in [0.25, 0.3) is 0 Å². The second-order valence-corrected chi connectivity index (χ2v) is 8.38. The van der Waals surface area contributed by atoms with Crippen molar-refractivity contribution in [1.82, 2.24) is 19.7 Å². The molecule has 0 spiro atoms. The molecule has 1 saturated heterocycles. The van der Waals surface area contributed by atoms with Gasteiger partial charge in [-0.05, 0) is 78.6 Å². The van der Waals surface area contributed by atoms with Crippen molar-refractivity contribution in [1.29, 1.82) is 0 Å². The summed E-state index contributed by atoms with van der Waals surface area (Å²) in [6.45, 7) is 8.04. The monoisotopic (exact) mass is 370 g/mol. The Bertz CT molecular complexity index is 787. The van der Waals surface area contributed by atoms with Gasteiger partial charge in [0.15, 0.2) is 0 Å². The standard InChI is InChI=1S/C22H34N4O/c1-16-6-7-21-20(14-16)19(17(2)23-21)15-22(27)26(13-12-24(3)4)18-8-10-25(5)11-9-18/h6-7,14,18,23H,8-13,15H2,1-5H3. The maximum atomic E-state index is 13.4. The molecule has 0 aliphatic carbocycles. The number of piperidine rings is 1. The number of fused-ring (bicyclic) bond motifs is 1. The Morgan fingerprint density at radius 1 is 1.19 bits per heavy atom. The van der Waals surface area contributed by atoms with E-state index < -0.39 is 0 Å². The molecule has 5 nitrogen and oxygen atoms in total. The maximum absolute atomic E-state index is 13.4. The van der Waals surface area contributed by atoms with Gasteiger partial charge in [0.2, 0.25) is 5.91 Å². The Morgan fingerprint density at radius 3 is 2.56 bits per heavy atom. The van der Waals surface area contributed by atoms with Crippen molar-refractivity contribution in [2.45, 2.75) is 39.2 Å². The van der Waals surface area contributed by atoms with Gasteiger partial charge in [0, 0.05) is 35.7 Å². The number of aromatic amines is 1. The van der Waals surface area contributed by atoms with Gasteiger partial charge in [-0.1, -0.05) is 11.6 Å². The highest BCUT2D eigenvalue weighted by atomic mass is 16.2. The molecule has 1 aliphatic rings. The molecule has 1 fully saturated rings. The molecule has 1 amide bonds. The Morgan fingerprint density at radius 2 is 1.89 bits per heavy atom. The van der Waals surface area contributed by atoms with Crippen molar-refractivity contribution in [3.05, 3.63) is 35.0 Å². The fraction of sp³-hybridized carbons (Fsp3) is 0.591. The summed E-state index contributed by atoms with van der Waals surface area (Å²) >= 11 is 0. The third-order valence-electron chi connectivity index (χ3n) is 5.84. The zero-order chi connectivity index (χ0) is 19.6. The van der Waals surface area contributed by atoms with Crippen molar-refractivity contribution in [3.63, 3.8) is 0 Å². The molecular weight excluding hydrogens is 336 g/mol. The van der Waals surface area contributed by atoms with Crippen LogP contribution in [-0.2, 0) is 11.2 Å². The average Bonchev–Trinajstić information content (AvgIpc) is 2.91. The number of amides is 1. The minimum Gasteiger partial charge on any atom is -0.358 e. The number of hydrogen-bond acceptors (Lipinski definition) is 3. The summed E-state index contributed by atoms with van der Waals surface area (Å²) in [6, 6.07) is 6.79. The number of aromatic nitrogens is 1.